The highest BCUT2D eigenvalue weighted by Gasteiger charge is 2.21. The maximum absolute atomic E-state index is 11.5. The quantitative estimate of drug-likeness (QED) is 0.262. The van der Waals surface area contributed by atoms with Gasteiger partial charge in [-0.25, -0.2) is 0 Å². The molecule has 0 unspecified atom stereocenters. The Bertz CT molecular complexity index is 999. The van der Waals surface area contributed by atoms with Gasteiger partial charge in [-0.05, 0) is 49.6 Å². The molecule has 2 aliphatic heterocycles. The van der Waals surface area contributed by atoms with Crippen molar-refractivity contribution in [3.05, 3.63) is 52.0 Å². The second-order valence-electron chi connectivity index (χ2n) is 8.32. The van der Waals surface area contributed by atoms with Crippen LogP contribution >= 0.6 is 23.2 Å². The van der Waals surface area contributed by atoms with Crippen molar-refractivity contribution in [3.63, 3.8) is 0 Å². The van der Waals surface area contributed by atoms with Crippen LogP contribution in [0.4, 0.5) is 28.6 Å². The molecule has 35 heavy (non-hydrogen) atoms. The van der Waals surface area contributed by atoms with E-state index >= 15 is 0 Å². The lowest BCUT2D eigenvalue weighted by Crippen LogP contribution is -2.46. The van der Waals surface area contributed by atoms with Crippen LogP contribution in [-0.4, -0.2) is 57.4 Å². The maximum atomic E-state index is 11.5. The van der Waals surface area contributed by atoms with Crippen LogP contribution in [0, 0.1) is 0 Å². The molecule has 192 valence electrons. The zero-order valence-electron chi connectivity index (χ0n) is 19.1. The van der Waals surface area contributed by atoms with E-state index in [-0.39, 0.29) is 5.91 Å². The number of hydrogen-bond donors (Lipinski definition) is 1. The number of halogens is 6. The Morgan fingerprint density at radius 2 is 1.69 bits per heavy atom. The third-order valence-electron chi connectivity index (χ3n) is 5.76. The highest BCUT2D eigenvalue weighted by Crippen LogP contribution is 2.33. The first-order chi connectivity index (χ1) is 16.6. The van der Waals surface area contributed by atoms with Gasteiger partial charge in [0, 0.05) is 44.4 Å². The molecule has 12 heteroatoms. The molecule has 5 nitrogen and oxygen atoms in total. The van der Waals surface area contributed by atoms with E-state index in [1.54, 1.807) is 0 Å². The van der Waals surface area contributed by atoms with Crippen molar-refractivity contribution in [3.8, 4) is 5.75 Å². The van der Waals surface area contributed by atoms with Crippen LogP contribution in [0.15, 0.2) is 36.4 Å². The Balaban J connectivity index is 0.000000623. The van der Waals surface area contributed by atoms with Crippen molar-refractivity contribution in [1.82, 2.24) is 4.90 Å². The van der Waals surface area contributed by atoms with Gasteiger partial charge in [-0.1, -0.05) is 35.3 Å². The highest BCUT2D eigenvalue weighted by atomic mass is 35.5. The number of ether oxygens (including phenoxy) is 1. The first kappa shape index (κ1) is 27.4. The first-order valence-electron chi connectivity index (χ1n) is 11.4. The van der Waals surface area contributed by atoms with Crippen molar-refractivity contribution in [2.24, 2.45) is 0 Å². The molecule has 0 atom stereocenters. The molecular weight excluding hydrogens is 508 g/mol. The van der Waals surface area contributed by atoms with E-state index in [0.29, 0.717) is 23.1 Å². The first-order valence-corrected chi connectivity index (χ1v) is 12.2. The molecule has 4 rings (SSSR count). The second kappa shape index (κ2) is 12.7. The van der Waals surface area contributed by atoms with Crippen LogP contribution in [0.1, 0.15) is 24.8 Å². The fourth-order valence-corrected chi connectivity index (χ4v) is 4.43. The van der Waals surface area contributed by atoms with E-state index in [4.69, 9.17) is 27.9 Å². The van der Waals surface area contributed by atoms with Gasteiger partial charge in [0.2, 0.25) is 5.91 Å². The fraction of sp³-hybridized carbons (Fsp3) is 0.435. The third-order valence-corrected chi connectivity index (χ3v) is 6.57. The van der Waals surface area contributed by atoms with Crippen LogP contribution in [-0.2, 0) is 11.2 Å². The molecule has 1 saturated heterocycles. The summed E-state index contributed by atoms with van der Waals surface area (Å²) >= 11 is 12.5. The van der Waals surface area contributed by atoms with Crippen molar-refractivity contribution >= 4 is 47.7 Å². The van der Waals surface area contributed by atoms with E-state index in [9.17, 15) is 22.1 Å². The number of nitrogens with zero attached hydrogens (tertiary/aromatic N) is 2. The molecule has 0 bridgehead atoms. The fourth-order valence-electron chi connectivity index (χ4n) is 4.02. The minimum absolute atomic E-state index is 0.0809. The van der Waals surface area contributed by atoms with E-state index in [2.05, 4.69) is 21.2 Å². The van der Waals surface area contributed by atoms with Gasteiger partial charge in [-0.15, -0.1) is 0 Å². The van der Waals surface area contributed by atoms with Crippen molar-refractivity contribution < 1.29 is 26.8 Å². The van der Waals surface area contributed by atoms with Gasteiger partial charge in [0.15, 0.2) is 0 Å². The Labute approximate surface area is 212 Å². The molecule has 1 fully saturated rings. The third kappa shape index (κ3) is 9.09. The summed E-state index contributed by atoms with van der Waals surface area (Å²) in [4.78, 5) is 16.3. The van der Waals surface area contributed by atoms with E-state index in [1.807, 2.05) is 30.3 Å². The van der Waals surface area contributed by atoms with E-state index in [1.165, 1.54) is 5.56 Å². The number of piperazine rings is 1. The van der Waals surface area contributed by atoms with Crippen LogP contribution in [0.25, 0.3) is 0 Å². The SMILES string of the molecule is F[B-](F)(F)F.O=C1CCc2ccc(OCCCCN3CCN(c4cccc(Cl)c4Cl)CC3)cc2N1. The lowest BCUT2D eigenvalue weighted by atomic mass is 10.0. The summed E-state index contributed by atoms with van der Waals surface area (Å²) < 4.78 is 44.9. The smallest absolute Gasteiger partial charge is 0.494 e. The number of amides is 1. The standard InChI is InChI=1S/C23H27Cl2N3O2.BF4/c24-19-4-3-5-21(23(19)25)28-13-11-27(12-14-28)10-1-2-15-30-18-8-6-17-7-9-22(29)26-20(17)16-18;2-1(3,4)5/h3-6,8,16H,1-2,7,9-15H2,(H,26,29);/q;-1. The lowest BCUT2D eigenvalue weighted by Gasteiger charge is -2.36. The zero-order chi connectivity index (χ0) is 25.4. The normalized spacial score (nSPS) is 16.2. The molecule has 0 radical (unpaired) electrons. The predicted molar refractivity (Wildman–Crippen MR) is 133 cm³/mol. The maximum Gasteiger partial charge on any atom is 0.673 e. The lowest BCUT2D eigenvalue weighted by molar-refractivity contribution is -0.116. The number of aryl methyl sites for hydroxylation is 1. The number of benzene rings is 2. The van der Waals surface area contributed by atoms with Gasteiger partial charge >= 0.3 is 7.25 Å². The molecule has 2 aromatic rings. The van der Waals surface area contributed by atoms with Crippen LogP contribution in [0.2, 0.25) is 10.0 Å². The minimum Gasteiger partial charge on any atom is -0.494 e. The number of rotatable bonds is 7. The number of anilines is 2. The number of fused-ring (bicyclic) bond motifs is 1. The summed E-state index contributed by atoms with van der Waals surface area (Å²) in [5, 5.41) is 4.18. The predicted octanol–water partition coefficient (Wildman–Crippen LogP) is 6.16. The molecule has 1 amide bonds. The van der Waals surface area contributed by atoms with Gasteiger partial charge in [-0.2, -0.15) is 0 Å². The highest BCUT2D eigenvalue weighted by molar-refractivity contribution is 6.50. The number of nitrogens with one attached hydrogen (secondary N) is 1. The van der Waals surface area contributed by atoms with Gasteiger partial charge in [0.1, 0.15) is 5.75 Å². The summed E-state index contributed by atoms with van der Waals surface area (Å²) in [6.45, 7) is 5.71. The summed E-state index contributed by atoms with van der Waals surface area (Å²) in [6.07, 6.45) is 3.47. The Morgan fingerprint density at radius 3 is 2.40 bits per heavy atom. The monoisotopic (exact) mass is 534 g/mol. The molecule has 2 aliphatic rings. The molecular formula is C23H27BCl2F4N3O2-. The molecule has 2 aromatic carbocycles. The number of carbonyl (C=O) groups excluding carboxylic acids is 1. The van der Waals surface area contributed by atoms with Gasteiger partial charge < -0.3 is 32.2 Å². The topological polar surface area (TPSA) is 44.8 Å². The summed E-state index contributed by atoms with van der Waals surface area (Å²) in [5.74, 6) is 0.903. The number of carbonyl (C=O) groups is 1. The Morgan fingerprint density at radius 1 is 0.971 bits per heavy atom. The Kier molecular flexibility index (Phi) is 9.94. The molecule has 1 N–H and O–H groups in total. The molecule has 0 saturated carbocycles. The number of unbranched alkanes of at least 4 members (excludes halogenated alkanes) is 1. The van der Waals surface area contributed by atoms with Crippen LogP contribution < -0.4 is 15.0 Å². The van der Waals surface area contributed by atoms with E-state index < -0.39 is 7.25 Å². The summed E-state index contributed by atoms with van der Waals surface area (Å²) in [7, 11) is -6.00. The molecule has 0 aliphatic carbocycles. The van der Waals surface area contributed by atoms with Crippen molar-refractivity contribution in [2.45, 2.75) is 25.7 Å². The van der Waals surface area contributed by atoms with Crippen molar-refractivity contribution in [2.75, 3.05) is 49.5 Å². The average molecular weight is 535 g/mol. The van der Waals surface area contributed by atoms with Gasteiger partial charge in [0.05, 0.1) is 22.3 Å². The second-order valence-corrected chi connectivity index (χ2v) is 9.10. The van der Waals surface area contributed by atoms with Crippen molar-refractivity contribution in [1.29, 1.82) is 0 Å². The van der Waals surface area contributed by atoms with Crippen LogP contribution in [0.5, 0.6) is 5.75 Å². The largest absolute Gasteiger partial charge is 0.673 e. The van der Waals surface area contributed by atoms with Crippen LogP contribution in [0.3, 0.4) is 0 Å². The van der Waals surface area contributed by atoms with Gasteiger partial charge in [0.25, 0.3) is 0 Å². The molecule has 0 spiro atoms. The molecule has 0 aromatic heterocycles. The van der Waals surface area contributed by atoms with E-state index in [0.717, 1.165) is 69.1 Å². The summed E-state index contributed by atoms with van der Waals surface area (Å²) in [5.41, 5.74) is 3.10. The number of hydrogen-bond acceptors (Lipinski definition) is 4. The summed E-state index contributed by atoms with van der Waals surface area (Å²) in [6, 6.07) is 11.8. The van der Waals surface area contributed by atoms with Gasteiger partial charge in [-0.3, -0.25) is 9.69 Å². The zero-order valence-corrected chi connectivity index (χ0v) is 20.6. The molecule has 2 heterocycles. The average Bonchev–Trinajstić information content (AvgIpc) is 2.80. The Hall–Kier alpha value is -2.17. The minimum atomic E-state index is -6.00.